The third kappa shape index (κ3) is 2.51. The lowest BCUT2D eigenvalue weighted by Gasteiger charge is -2.19. The first-order chi connectivity index (χ1) is 9.31. The molecule has 0 saturated carbocycles. The van der Waals surface area contributed by atoms with Crippen LogP contribution in [0.2, 0.25) is 0 Å². The molecule has 0 atom stereocenters. The van der Waals surface area contributed by atoms with E-state index in [2.05, 4.69) is 0 Å². The molecule has 0 radical (unpaired) electrons. The number of aryl methyl sites for hydroxylation is 4. The Morgan fingerprint density at radius 2 is 1.05 bits per heavy atom. The van der Waals surface area contributed by atoms with Crippen molar-refractivity contribution in [3.8, 4) is 11.5 Å². The van der Waals surface area contributed by atoms with Gasteiger partial charge in [0.25, 0.3) is 0 Å². The number of phenolic OH excluding ortho intramolecular Hbond substituents is 2. The Labute approximate surface area is 120 Å². The zero-order chi connectivity index (χ0) is 15.0. The monoisotopic (exact) mass is 270 g/mol. The molecule has 0 aliphatic rings. The highest BCUT2D eigenvalue weighted by molar-refractivity contribution is 5.52. The highest BCUT2D eigenvalue weighted by atomic mass is 16.3. The zero-order valence-electron chi connectivity index (χ0n) is 12.8. The molecule has 0 fully saturated rings. The predicted molar refractivity (Wildman–Crippen MR) is 82.7 cm³/mol. The van der Waals surface area contributed by atoms with Gasteiger partial charge >= 0.3 is 0 Å². The van der Waals surface area contributed by atoms with Gasteiger partial charge in [-0.15, -0.1) is 0 Å². The molecule has 0 heterocycles. The Hall–Kier alpha value is -1.96. The second-order valence-electron chi connectivity index (χ2n) is 5.76. The van der Waals surface area contributed by atoms with Crippen molar-refractivity contribution in [1.82, 2.24) is 0 Å². The summed E-state index contributed by atoms with van der Waals surface area (Å²) in [5.41, 5.74) is 5.70. The lowest BCUT2D eigenvalue weighted by atomic mass is 9.87. The van der Waals surface area contributed by atoms with Crippen LogP contribution in [0.4, 0.5) is 0 Å². The summed E-state index contributed by atoms with van der Waals surface area (Å²) in [7, 11) is 0. The van der Waals surface area contributed by atoms with Gasteiger partial charge in [0.1, 0.15) is 11.5 Å². The van der Waals surface area contributed by atoms with Gasteiger partial charge in [0.15, 0.2) is 0 Å². The van der Waals surface area contributed by atoms with Gasteiger partial charge < -0.3 is 10.2 Å². The van der Waals surface area contributed by atoms with E-state index >= 15 is 0 Å². The van der Waals surface area contributed by atoms with Crippen LogP contribution in [0, 0.1) is 27.7 Å². The molecule has 2 nitrogen and oxygen atoms in total. The van der Waals surface area contributed by atoms with Crippen molar-refractivity contribution in [3.63, 3.8) is 0 Å². The number of phenols is 2. The van der Waals surface area contributed by atoms with Crippen molar-refractivity contribution in [1.29, 1.82) is 0 Å². The van der Waals surface area contributed by atoms with Crippen molar-refractivity contribution in [2.75, 3.05) is 0 Å². The third-order valence-corrected chi connectivity index (χ3v) is 3.88. The molecule has 2 rings (SSSR count). The van der Waals surface area contributed by atoms with Crippen molar-refractivity contribution in [3.05, 3.63) is 57.6 Å². The number of rotatable bonds is 2. The largest absolute Gasteiger partial charge is 0.507 e. The van der Waals surface area contributed by atoms with Crippen LogP contribution in [0.5, 0.6) is 11.5 Å². The van der Waals surface area contributed by atoms with Gasteiger partial charge in [0.05, 0.1) is 0 Å². The van der Waals surface area contributed by atoms with Gasteiger partial charge in [-0.3, -0.25) is 0 Å². The maximum Gasteiger partial charge on any atom is 0.122 e. The van der Waals surface area contributed by atoms with Crippen LogP contribution < -0.4 is 0 Å². The Morgan fingerprint density at radius 3 is 1.40 bits per heavy atom. The third-order valence-electron chi connectivity index (χ3n) is 3.88. The number of hydrogen-bond acceptors (Lipinski definition) is 2. The minimum atomic E-state index is -0.0489. The van der Waals surface area contributed by atoms with E-state index < -0.39 is 0 Å². The first-order valence-corrected chi connectivity index (χ1v) is 6.91. The number of aromatic hydroxyl groups is 2. The van der Waals surface area contributed by atoms with Crippen LogP contribution in [-0.2, 0) is 0 Å². The summed E-state index contributed by atoms with van der Waals surface area (Å²) in [5, 5.41) is 20.6. The zero-order valence-corrected chi connectivity index (χ0v) is 12.8. The summed E-state index contributed by atoms with van der Waals surface area (Å²) in [6, 6.07) is 7.91. The normalized spacial score (nSPS) is 11.1. The molecule has 2 N–H and O–H groups in total. The van der Waals surface area contributed by atoms with Gasteiger partial charge in [0, 0.05) is 17.0 Å². The molecule has 2 heteroatoms. The summed E-state index contributed by atoms with van der Waals surface area (Å²) in [6.07, 6.45) is 0. The molecule has 0 bridgehead atoms. The minimum absolute atomic E-state index is 0.0489. The molecule has 20 heavy (non-hydrogen) atoms. The van der Waals surface area contributed by atoms with Crippen molar-refractivity contribution < 1.29 is 10.2 Å². The fourth-order valence-corrected chi connectivity index (χ4v) is 2.81. The van der Waals surface area contributed by atoms with Crippen LogP contribution in [0.3, 0.4) is 0 Å². The van der Waals surface area contributed by atoms with E-state index in [4.69, 9.17) is 0 Å². The van der Waals surface area contributed by atoms with Gasteiger partial charge in [-0.2, -0.15) is 0 Å². The fraction of sp³-hybridized carbons (Fsp3) is 0.333. The van der Waals surface area contributed by atoms with E-state index in [1.54, 1.807) is 0 Å². The second kappa shape index (κ2) is 5.20. The predicted octanol–water partition coefficient (Wildman–Crippen LogP) is 4.48. The number of hydrogen-bond donors (Lipinski definition) is 2. The number of benzene rings is 2. The van der Waals surface area contributed by atoms with Crippen molar-refractivity contribution in [2.45, 2.75) is 40.5 Å². The molecule has 0 aromatic heterocycles. The van der Waals surface area contributed by atoms with Crippen LogP contribution in [0.1, 0.15) is 46.2 Å². The highest BCUT2D eigenvalue weighted by Crippen LogP contribution is 2.39. The topological polar surface area (TPSA) is 40.5 Å². The molecule has 0 saturated heterocycles. The SMILES string of the molecule is Cc1cc(C)c(O)c(C(C)c2cc(C)cc(C)c2O)c1. The molecular weight excluding hydrogens is 248 g/mol. The first-order valence-electron chi connectivity index (χ1n) is 6.91. The summed E-state index contributed by atoms with van der Waals surface area (Å²) < 4.78 is 0. The van der Waals surface area contributed by atoms with E-state index in [9.17, 15) is 10.2 Å². The van der Waals surface area contributed by atoms with Gasteiger partial charge in [-0.25, -0.2) is 0 Å². The quantitative estimate of drug-likeness (QED) is 0.844. The van der Waals surface area contributed by atoms with Crippen molar-refractivity contribution in [2.24, 2.45) is 0 Å². The Kier molecular flexibility index (Phi) is 3.76. The van der Waals surface area contributed by atoms with E-state index in [0.29, 0.717) is 11.5 Å². The average Bonchev–Trinajstić information content (AvgIpc) is 2.37. The molecule has 0 spiro atoms. The first kappa shape index (κ1) is 14.4. The molecule has 2 aromatic carbocycles. The fourth-order valence-electron chi connectivity index (χ4n) is 2.81. The van der Waals surface area contributed by atoms with Crippen LogP contribution in [-0.4, -0.2) is 10.2 Å². The van der Waals surface area contributed by atoms with Crippen molar-refractivity contribution >= 4 is 0 Å². The summed E-state index contributed by atoms with van der Waals surface area (Å²) in [4.78, 5) is 0. The molecule has 2 aromatic rings. The Bertz CT molecular complexity index is 599. The van der Waals surface area contributed by atoms with E-state index in [-0.39, 0.29) is 5.92 Å². The van der Waals surface area contributed by atoms with E-state index in [1.165, 1.54) is 0 Å². The van der Waals surface area contributed by atoms with E-state index in [1.807, 2.05) is 58.9 Å². The molecule has 0 aliphatic carbocycles. The smallest absolute Gasteiger partial charge is 0.122 e. The Morgan fingerprint density at radius 1 is 0.700 bits per heavy atom. The molecule has 0 aliphatic heterocycles. The lowest BCUT2D eigenvalue weighted by molar-refractivity contribution is 0.452. The second-order valence-corrected chi connectivity index (χ2v) is 5.76. The van der Waals surface area contributed by atoms with Crippen LogP contribution in [0.15, 0.2) is 24.3 Å². The minimum Gasteiger partial charge on any atom is -0.507 e. The lowest BCUT2D eigenvalue weighted by Crippen LogP contribution is -2.00. The molecule has 106 valence electrons. The summed E-state index contributed by atoms with van der Waals surface area (Å²) in [6.45, 7) is 9.86. The van der Waals surface area contributed by atoms with Gasteiger partial charge in [-0.1, -0.05) is 42.3 Å². The Balaban J connectivity index is 2.60. The van der Waals surface area contributed by atoms with E-state index in [0.717, 1.165) is 33.4 Å². The maximum absolute atomic E-state index is 10.3. The van der Waals surface area contributed by atoms with Gasteiger partial charge in [-0.05, 0) is 38.8 Å². The van der Waals surface area contributed by atoms with Crippen LogP contribution >= 0.6 is 0 Å². The van der Waals surface area contributed by atoms with Gasteiger partial charge in [0.2, 0.25) is 0 Å². The summed E-state index contributed by atoms with van der Waals surface area (Å²) in [5.74, 6) is 0.593. The summed E-state index contributed by atoms with van der Waals surface area (Å²) >= 11 is 0. The maximum atomic E-state index is 10.3. The standard InChI is InChI=1S/C18H22O2/c1-10-6-12(3)17(19)15(8-10)14(5)16-9-11(2)7-13(4)18(16)20/h6-9,14,19-20H,1-5H3. The molecule has 0 amide bonds. The van der Waals surface area contributed by atoms with Crippen LogP contribution in [0.25, 0.3) is 0 Å². The highest BCUT2D eigenvalue weighted by Gasteiger charge is 2.19. The average molecular weight is 270 g/mol. The molecule has 0 unspecified atom stereocenters. The molecular formula is C18H22O2.